The van der Waals surface area contributed by atoms with E-state index in [1.807, 2.05) is 0 Å². The molecule has 3 heteroatoms. The molecule has 1 aliphatic carbocycles. The van der Waals surface area contributed by atoms with Crippen LogP contribution < -0.4 is 9.47 Å². The number of fused-ring (bicyclic) bond motifs is 6. The Kier molecular flexibility index (Phi) is 3.00. The fourth-order valence-corrected chi connectivity index (χ4v) is 5.16. The minimum absolute atomic E-state index is 0.132. The first-order chi connectivity index (χ1) is 12.4. The fourth-order valence-electron chi connectivity index (χ4n) is 5.16. The van der Waals surface area contributed by atoms with Crippen molar-refractivity contribution in [1.82, 2.24) is 4.98 Å². The molecule has 0 fully saturated rings. The average molecular weight is 347 g/mol. The van der Waals surface area contributed by atoms with Crippen LogP contribution in [0.2, 0.25) is 0 Å². The maximum absolute atomic E-state index is 5.61. The minimum Gasteiger partial charge on any atom is -0.454 e. The summed E-state index contributed by atoms with van der Waals surface area (Å²) in [5.74, 6) is 2.14. The van der Waals surface area contributed by atoms with Crippen LogP contribution in [0.5, 0.6) is 11.5 Å². The largest absolute Gasteiger partial charge is 0.454 e. The molecule has 0 N–H and O–H groups in total. The Morgan fingerprint density at radius 2 is 1.81 bits per heavy atom. The van der Waals surface area contributed by atoms with E-state index in [1.165, 1.54) is 16.5 Å². The van der Waals surface area contributed by atoms with Gasteiger partial charge in [-0.15, -0.1) is 0 Å². The Morgan fingerprint density at radius 3 is 2.54 bits per heavy atom. The highest BCUT2D eigenvalue weighted by atomic mass is 16.7. The molecule has 5 rings (SSSR count). The van der Waals surface area contributed by atoms with Crippen LogP contribution in [-0.2, 0) is 5.41 Å². The van der Waals surface area contributed by atoms with E-state index >= 15 is 0 Å². The molecule has 2 heterocycles. The van der Waals surface area contributed by atoms with Crippen molar-refractivity contribution in [2.24, 2.45) is 5.41 Å². The summed E-state index contributed by atoms with van der Waals surface area (Å²) in [5, 5.41) is 3.58. The van der Waals surface area contributed by atoms with Gasteiger partial charge in [0, 0.05) is 17.0 Å². The first-order valence-corrected chi connectivity index (χ1v) is 9.54. The van der Waals surface area contributed by atoms with Gasteiger partial charge in [-0.05, 0) is 51.8 Å². The predicted octanol–water partition coefficient (Wildman–Crippen LogP) is 5.93. The van der Waals surface area contributed by atoms with Crippen LogP contribution in [0.1, 0.15) is 58.1 Å². The molecule has 3 nitrogen and oxygen atoms in total. The van der Waals surface area contributed by atoms with Gasteiger partial charge < -0.3 is 9.47 Å². The minimum atomic E-state index is 0.132. The van der Waals surface area contributed by atoms with Crippen molar-refractivity contribution < 1.29 is 9.47 Å². The van der Waals surface area contributed by atoms with Gasteiger partial charge in [-0.25, -0.2) is 0 Å². The summed E-state index contributed by atoms with van der Waals surface area (Å²) in [7, 11) is 0. The molecule has 0 radical (unpaired) electrons. The Bertz CT molecular complexity index is 1070. The lowest BCUT2D eigenvalue weighted by Crippen LogP contribution is -2.36. The molecule has 1 aromatic heterocycles. The van der Waals surface area contributed by atoms with E-state index in [-0.39, 0.29) is 10.8 Å². The molecule has 134 valence electrons. The summed E-state index contributed by atoms with van der Waals surface area (Å²) in [6.45, 7) is 12.2. The number of pyridine rings is 1. The summed E-state index contributed by atoms with van der Waals surface area (Å²) in [6, 6.07) is 8.62. The Hall–Kier alpha value is -2.29. The van der Waals surface area contributed by atoms with E-state index in [9.17, 15) is 0 Å². The molecule has 0 bridgehead atoms. The van der Waals surface area contributed by atoms with Crippen LogP contribution in [0.15, 0.2) is 30.5 Å². The van der Waals surface area contributed by atoms with Crippen molar-refractivity contribution in [1.29, 1.82) is 0 Å². The summed E-state index contributed by atoms with van der Waals surface area (Å²) < 4.78 is 11.2. The molecule has 26 heavy (non-hydrogen) atoms. The van der Waals surface area contributed by atoms with E-state index in [1.54, 1.807) is 0 Å². The normalized spacial score (nSPS) is 25.8. The van der Waals surface area contributed by atoms with Crippen molar-refractivity contribution in [3.05, 3.63) is 41.6 Å². The maximum Gasteiger partial charge on any atom is 0.231 e. The topological polar surface area (TPSA) is 31.4 Å². The van der Waals surface area contributed by atoms with Gasteiger partial charge in [0.05, 0.1) is 5.52 Å². The molecule has 2 atom stereocenters. The van der Waals surface area contributed by atoms with Crippen LogP contribution in [0.4, 0.5) is 0 Å². The van der Waals surface area contributed by atoms with Gasteiger partial charge in [-0.2, -0.15) is 0 Å². The molecular weight excluding hydrogens is 322 g/mol. The third-order valence-corrected chi connectivity index (χ3v) is 7.61. The van der Waals surface area contributed by atoms with Crippen molar-refractivity contribution in [3.8, 4) is 11.5 Å². The Morgan fingerprint density at radius 1 is 1.08 bits per heavy atom. The number of nitrogens with zero attached hydrogens (tertiary/aromatic N) is 1. The maximum atomic E-state index is 5.61. The van der Waals surface area contributed by atoms with E-state index in [0.717, 1.165) is 34.2 Å². The molecule has 0 saturated carbocycles. The van der Waals surface area contributed by atoms with E-state index < -0.39 is 0 Å². The van der Waals surface area contributed by atoms with Gasteiger partial charge in [0.25, 0.3) is 0 Å². The molecule has 0 amide bonds. The third kappa shape index (κ3) is 1.71. The lowest BCUT2D eigenvalue weighted by molar-refractivity contribution is 0.167. The lowest BCUT2D eigenvalue weighted by Gasteiger charge is -2.41. The molecule has 3 aromatic rings. The van der Waals surface area contributed by atoms with Gasteiger partial charge in [-0.1, -0.05) is 46.8 Å². The van der Waals surface area contributed by atoms with Crippen molar-refractivity contribution in [2.75, 3.05) is 6.79 Å². The predicted molar refractivity (Wildman–Crippen MR) is 105 cm³/mol. The molecule has 1 unspecified atom stereocenters. The number of hydrogen-bond donors (Lipinski definition) is 0. The molecule has 0 saturated heterocycles. The van der Waals surface area contributed by atoms with Crippen LogP contribution in [-0.4, -0.2) is 11.8 Å². The van der Waals surface area contributed by atoms with Gasteiger partial charge in [0.1, 0.15) is 0 Å². The van der Waals surface area contributed by atoms with Crippen LogP contribution in [0, 0.1) is 5.41 Å². The molecule has 2 aliphatic rings. The summed E-state index contributed by atoms with van der Waals surface area (Å²) in [6.07, 6.45) is 3.24. The second-order valence-corrected chi connectivity index (χ2v) is 8.61. The van der Waals surface area contributed by atoms with Gasteiger partial charge >= 0.3 is 0 Å². The zero-order chi connectivity index (χ0) is 18.3. The lowest BCUT2D eigenvalue weighted by atomic mass is 9.62. The quantitative estimate of drug-likeness (QED) is 0.511. The van der Waals surface area contributed by atoms with E-state index in [0.29, 0.717) is 12.7 Å². The molecule has 1 aliphatic heterocycles. The van der Waals surface area contributed by atoms with Crippen LogP contribution in [0.25, 0.3) is 21.7 Å². The van der Waals surface area contributed by atoms with Crippen molar-refractivity contribution in [3.63, 3.8) is 0 Å². The monoisotopic (exact) mass is 347 g/mol. The van der Waals surface area contributed by atoms with Crippen molar-refractivity contribution in [2.45, 2.75) is 52.4 Å². The van der Waals surface area contributed by atoms with Gasteiger partial charge in [0.2, 0.25) is 6.79 Å². The second-order valence-electron chi connectivity index (χ2n) is 8.61. The first-order valence-electron chi connectivity index (χ1n) is 9.54. The smallest absolute Gasteiger partial charge is 0.231 e. The molecular formula is C23H25NO2. The Labute approximate surface area is 154 Å². The first kappa shape index (κ1) is 15.9. The number of aromatic nitrogens is 1. The number of hydrogen-bond acceptors (Lipinski definition) is 3. The van der Waals surface area contributed by atoms with Crippen LogP contribution in [0.3, 0.4) is 0 Å². The number of ether oxygens (including phenoxy) is 2. The molecule has 2 aromatic carbocycles. The van der Waals surface area contributed by atoms with Gasteiger partial charge in [-0.3, -0.25) is 4.98 Å². The third-order valence-electron chi connectivity index (χ3n) is 7.61. The second kappa shape index (κ2) is 4.91. The highest BCUT2D eigenvalue weighted by molar-refractivity contribution is 6.08. The van der Waals surface area contributed by atoms with Gasteiger partial charge in [0.15, 0.2) is 11.5 Å². The van der Waals surface area contributed by atoms with E-state index in [2.05, 4.69) is 65.1 Å². The zero-order valence-electron chi connectivity index (χ0n) is 16.1. The van der Waals surface area contributed by atoms with Crippen LogP contribution >= 0.6 is 0 Å². The van der Waals surface area contributed by atoms with E-state index in [4.69, 9.17) is 14.5 Å². The highest BCUT2D eigenvalue weighted by Gasteiger charge is 2.53. The Balaban J connectivity index is 1.89. The standard InChI is InChI=1S/C23H25NO2/c1-6-23(5)20-15-8-7-14-9-18-19(26-12-25-18)10-16(14)21(15)24-11-17(20)13(2)22(23,3)4/h7-11,13H,6,12H2,1-5H3/t13-,23?/m1/s1. The molecule has 0 spiro atoms. The fraction of sp³-hybridized carbons (Fsp3) is 0.435. The number of rotatable bonds is 1. The SMILES string of the molecule is CCC1(C)c2c(cnc3c2ccc2cc4c(cc23)OCO4)[C@@H](C)C1(C)C. The highest BCUT2D eigenvalue weighted by Crippen LogP contribution is 2.61. The zero-order valence-corrected chi connectivity index (χ0v) is 16.1. The summed E-state index contributed by atoms with van der Waals surface area (Å²) in [4.78, 5) is 4.93. The average Bonchev–Trinajstić information content (AvgIpc) is 3.15. The summed E-state index contributed by atoms with van der Waals surface area (Å²) >= 11 is 0. The number of benzene rings is 2. The summed E-state index contributed by atoms with van der Waals surface area (Å²) in [5.41, 5.74) is 4.30. The van der Waals surface area contributed by atoms with Crippen molar-refractivity contribution >= 4 is 21.7 Å².